The lowest BCUT2D eigenvalue weighted by molar-refractivity contribution is 0.310. The van der Waals surface area contributed by atoms with Gasteiger partial charge < -0.3 is 10.3 Å². The Kier molecular flexibility index (Phi) is 3.51. The predicted molar refractivity (Wildman–Crippen MR) is 83.2 cm³/mol. The molecule has 0 aliphatic carbocycles. The SMILES string of the molecule is N#Cc1ncc(Cn2c(-c3nonc3N)nc3ccc(F)c(F)c32)cn1. The molecular weight excluding hydrogens is 346 g/mol. The summed E-state index contributed by atoms with van der Waals surface area (Å²) >= 11 is 0. The van der Waals surface area contributed by atoms with E-state index in [0.717, 1.165) is 6.07 Å². The molecule has 4 aromatic rings. The standard InChI is InChI=1S/C15H8F2N8O/c16-8-1-2-9-13(11(8)17)25(6-7-4-20-10(3-18)21-5-7)15(22-9)12-14(19)24-26-23-12/h1-2,4-5H,6H2,(H2,19,24). The molecule has 26 heavy (non-hydrogen) atoms. The number of aromatic nitrogens is 6. The Labute approximate surface area is 143 Å². The van der Waals surface area contributed by atoms with E-state index in [4.69, 9.17) is 11.0 Å². The van der Waals surface area contributed by atoms with Gasteiger partial charge in [0, 0.05) is 18.0 Å². The van der Waals surface area contributed by atoms with Crippen molar-refractivity contribution in [1.29, 1.82) is 5.26 Å². The van der Waals surface area contributed by atoms with E-state index in [1.54, 1.807) is 6.07 Å². The Morgan fingerprint density at radius 3 is 2.62 bits per heavy atom. The summed E-state index contributed by atoms with van der Waals surface area (Å²) in [4.78, 5) is 12.0. The van der Waals surface area contributed by atoms with E-state index >= 15 is 0 Å². The number of imidazole rings is 1. The smallest absolute Gasteiger partial charge is 0.232 e. The summed E-state index contributed by atoms with van der Waals surface area (Å²) in [6.07, 6.45) is 2.81. The fourth-order valence-electron chi connectivity index (χ4n) is 2.52. The zero-order valence-electron chi connectivity index (χ0n) is 12.9. The van der Waals surface area contributed by atoms with Crippen molar-refractivity contribution in [2.24, 2.45) is 0 Å². The zero-order chi connectivity index (χ0) is 18.3. The van der Waals surface area contributed by atoms with E-state index < -0.39 is 11.6 Å². The lowest BCUT2D eigenvalue weighted by Crippen LogP contribution is -2.06. The van der Waals surface area contributed by atoms with Crippen molar-refractivity contribution in [3.63, 3.8) is 0 Å². The number of benzene rings is 1. The number of hydrogen-bond donors (Lipinski definition) is 1. The van der Waals surface area contributed by atoms with Crippen LogP contribution in [-0.2, 0) is 6.54 Å². The zero-order valence-corrected chi connectivity index (χ0v) is 12.9. The van der Waals surface area contributed by atoms with Gasteiger partial charge in [-0.1, -0.05) is 0 Å². The third-order valence-electron chi connectivity index (χ3n) is 3.67. The van der Waals surface area contributed by atoms with Crippen LogP contribution in [0.1, 0.15) is 11.4 Å². The van der Waals surface area contributed by atoms with Gasteiger partial charge in [0.1, 0.15) is 11.6 Å². The highest BCUT2D eigenvalue weighted by molar-refractivity contribution is 5.82. The van der Waals surface area contributed by atoms with Gasteiger partial charge in [-0.05, 0) is 22.4 Å². The van der Waals surface area contributed by atoms with Gasteiger partial charge in [-0.25, -0.2) is 28.4 Å². The summed E-state index contributed by atoms with van der Waals surface area (Å²) in [7, 11) is 0. The molecule has 3 aromatic heterocycles. The van der Waals surface area contributed by atoms with Crippen molar-refractivity contribution in [2.75, 3.05) is 5.73 Å². The van der Waals surface area contributed by atoms with Crippen LogP contribution in [0.5, 0.6) is 0 Å². The number of nitriles is 1. The minimum absolute atomic E-state index is 0.00775. The molecule has 128 valence electrons. The molecule has 1 aromatic carbocycles. The molecule has 0 fully saturated rings. The van der Waals surface area contributed by atoms with Gasteiger partial charge in [0.05, 0.1) is 12.1 Å². The monoisotopic (exact) mass is 354 g/mol. The highest BCUT2D eigenvalue weighted by Gasteiger charge is 2.23. The summed E-state index contributed by atoms with van der Waals surface area (Å²) in [5, 5.41) is 15.9. The van der Waals surface area contributed by atoms with Crippen LogP contribution in [0, 0.1) is 23.0 Å². The molecule has 9 nitrogen and oxygen atoms in total. The largest absolute Gasteiger partial charge is 0.379 e. The number of halogens is 2. The van der Waals surface area contributed by atoms with Crippen LogP contribution in [0.25, 0.3) is 22.6 Å². The molecular formula is C15H8F2N8O. The second-order valence-electron chi connectivity index (χ2n) is 5.28. The highest BCUT2D eigenvalue weighted by Crippen LogP contribution is 2.29. The molecule has 11 heteroatoms. The third-order valence-corrected chi connectivity index (χ3v) is 3.67. The summed E-state index contributed by atoms with van der Waals surface area (Å²) < 4.78 is 34.1. The third kappa shape index (κ3) is 2.40. The van der Waals surface area contributed by atoms with Crippen LogP contribution in [0.3, 0.4) is 0 Å². The lowest BCUT2D eigenvalue weighted by atomic mass is 10.2. The quantitative estimate of drug-likeness (QED) is 0.587. The summed E-state index contributed by atoms with van der Waals surface area (Å²) in [6, 6.07) is 4.12. The van der Waals surface area contributed by atoms with E-state index in [9.17, 15) is 8.78 Å². The Balaban J connectivity index is 1.93. The van der Waals surface area contributed by atoms with Crippen molar-refractivity contribution in [3.05, 3.63) is 47.5 Å². The molecule has 0 amide bonds. The molecule has 0 saturated carbocycles. The number of nitrogen functional groups attached to an aromatic ring is 1. The van der Waals surface area contributed by atoms with Crippen LogP contribution in [0.15, 0.2) is 29.2 Å². The predicted octanol–water partition coefficient (Wildman–Crippen LogP) is 1.66. The van der Waals surface area contributed by atoms with E-state index in [1.165, 1.54) is 23.0 Å². The fourth-order valence-corrected chi connectivity index (χ4v) is 2.52. The second-order valence-corrected chi connectivity index (χ2v) is 5.28. The highest BCUT2D eigenvalue weighted by atomic mass is 19.2. The number of nitrogens with zero attached hydrogens (tertiary/aromatic N) is 7. The van der Waals surface area contributed by atoms with Crippen LogP contribution in [-0.4, -0.2) is 29.8 Å². The van der Waals surface area contributed by atoms with Gasteiger partial charge >= 0.3 is 0 Å². The average Bonchev–Trinajstić information content (AvgIpc) is 3.22. The molecule has 0 aliphatic heterocycles. The molecule has 0 spiro atoms. The van der Waals surface area contributed by atoms with Gasteiger partial charge in [-0.15, -0.1) is 0 Å². The fraction of sp³-hybridized carbons (Fsp3) is 0.0667. The maximum absolute atomic E-state index is 14.4. The molecule has 0 radical (unpaired) electrons. The first-order valence-electron chi connectivity index (χ1n) is 7.22. The molecule has 3 heterocycles. The van der Waals surface area contributed by atoms with Gasteiger partial charge in [0.15, 0.2) is 29.0 Å². The van der Waals surface area contributed by atoms with Gasteiger partial charge in [0.2, 0.25) is 5.82 Å². The van der Waals surface area contributed by atoms with E-state index in [2.05, 4.69) is 29.9 Å². The normalized spacial score (nSPS) is 11.0. The molecule has 4 rings (SSSR count). The molecule has 0 bridgehead atoms. The van der Waals surface area contributed by atoms with Crippen LogP contribution in [0.2, 0.25) is 0 Å². The number of hydrogen-bond acceptors (Lipinski definition) is 8. The van der Waals surface area contributed by atoms with Crippen molar-refractivity contribution >= 4 is 16.9 Å². The van der Waals surface area contributed by atoms with Crippen LogP contribution in [0.4, 0.5) is 14.6 Å². The first-order valence-corrected chi connectivity index (χ1v) is 7.22. The van der Waals surface area contributed by atoms with Crippen LogP contribution < -0.4 is 5.73 Å². The maximum Gasteiger partial charge on any atom is 0.232 e. The minimum Gasteiger partial charge on any atom is -0.379 e. The van der Waals surface area contributed by atoms with E-state index in [0.29, 0.717) is 5.56 Å². The van der Waals surface area contributed by atoms with Crippen molar-refractivity contribution in [1.82, 2.24) is 29.8 Å². The Bertz CT molecular complexity index is 1160. The molecule has 0 aliphatic rings. The number of fused-ring (bicyclic) bond motifs is 1. The minimum atomic E-state index is -1.06. The first kappa shape index (κ1) is 15.6. The first-order chi connectivity index (χ1) is 12.6. The van der Waals surface area contributed by atoms with Crippen LogP contribution >= 0.6 is 0 Å². The molecule has 0 unspecified atom stereocenters. The summed E-state index contributed by atoms with van der Waals surface area (Å²) in [5.41, 5.74) is 6.46. The van der Waals surface area contributed by atoms with E-state index in [-0.39, 0.29) is 40.7 Å². The lowest BCUT2D eigenvalue weighted by Gasteiger charge is -2.08. The van der Waals surface area contributed by atoms with Gasteiger partial charge in [-0.2, -0.15) is 5.26 Å². The van der Waals surface area contributed by atoms with Crippen molar-refractivity contribution < 1.29 is 13.4 Å². The average molecular weight is 354 g/mol. The Morgan fingerprint density at radius 2 is 1.96 bits per heavy atom. The Hall–Kier alpha value is -3.94. The molecule has 2 N–H and O–H groups in total. The van der Waals surface area contributed by atoms with Crippen molar-refractivity contribution in [3.8, 4) is 17.6 Å². The number of rotatable bonds is 3. The summed E-state index contributed by atoms with van der Waals surface area (Å²) in [5.74, 6) is -1.99. The molecule has 0 atom stereocenters. The topological polar surface area (TPSA) is 132 Å². The van der Waals surface area contributed by atoms with Crippen molar-refractivity contribution in [2.45, 2.75) is 6.54 Å². The van der Waals surface area contributed by atoms with E-state index in [1.807, 2.05) is 0 Å². The number of anilines is 1. The number of nitrogens with two attached hydrogens (primary N) is 1. The van der Waals surface area contributed by atoms with Gasteiger partial charge in [-0.3, -0.25) is 0 Å². The second kappa shape index (κ2) is 5.85. The summed E-state index contributed by atoms with van der Waals surface area (Å²) in [6.45, 7) is 0.0320. The maximum atomic E-state index is 14.4. The van der Waals surface area contributed by atoms with Gasteiger partial charge in [0.25, 0.3) is 0 Å². The Morgan fingerprint density at radius 1 is 1.19 bits per heavy atom. The molecule has 0 saturated heterocycles.